The van der Waals surface area contributed by atoms with E-state index in [1.165, 1.54) is 36.8 Å². The molecule has 184 valence electrons. The Hall–Kier alpha value is -0.998. The quantitative estimate of drug-likeness (QED) is 0.438. The molecule has 4 nitrogen and oxygen atoms in total. The minimum atomic E-state index is -0.181. The molecular formula is C27H30Br2N2O2Pd. The molecule has 2 aromatic carbocycles. The average molecular weight is 681 g/mol. The molecule has 0 N–H and O–H groups in total. The fourth-order valence-electron chi connectivity index (χ4n) is 6.17. The Morgan fingerprint density at radius 2 is 0.971 bits per heavy atom. The van der Waals surface area contributed by atoms with Crippen LogP contribution in [0.15, 0.2) is 70.6 Å². The minimum Gasteiger partial charge on any atom is -1.00 e. The van der Waals surface area contributed by atoms with E-state index in [0.717, 1.165) is 37.5 Å². The van der Waals surface area contributed by atoms with Crippen LogP contribution in [-0.2, 0) is 29.9 Å². The van der Waals surface area contributed by atoms with Crippen molar-refractivity contribution in [1.82, 2.24) is 0 Å². The van der Waals surface area contributed by atoms with Crippen LogP contribution in [0.5, 0.6) is 0 Å². The minimum absolute atomic E-state index is 0. The fourth-order valence-corrected chi connectivity index (χ4v) is 6.17. The van der Waals surface area contributed by atoms with Crippen molar-refractivity contribution in [2.45, 2.75) is 81.1 Å². The van der Waals surface area contributed by atoms with Gasteiger partial charge in [-0.3, -0.25) is 0 Å². The Bertz CT molecular complexity index is 922. The third-order valence-electron chi connectivity index (χ3n) is 7.62. The first-order valence-electron chi connectivity index (χ1n) is 11.9. The Morgan fingerprint density at radius 1 is 0.618 bits per heavy atom. The van der Waals surface area contributed by atoms with Crippen LogP contribution in [0.1, 0.15) is 81.0 Å². The normalized spacial score (nSPS) is 25.4. The monoisotopic (exact) mass is 678 g/mol. The fraction of sp³-hybridized carbons (Fsp3) is 0.481. The van der Waals surface area contributed by atoms with Crippen LogP contribution in [0.4, 0.5) is 0 Å². The van der Waals surface area contributed by atoms with Gasteiger partial charge in [-0.2, -0.15) is 0 Å². The van der Waals surface area contributed by atoms with Gasteiger partial charge < -0.3 is 43.4 Å². The molecule has 2 atom stereocenters. The maximum Gasteiger partial charge on any atom is 2.00 e. The van der Waals surface area contributed by atoms with Crippen molar-refractivity contribution in [3.63, 3.8) is 0 Å². The molecule has 0 amide bonds. The van der Waals surface area contributed by atoms with Crippen LogP contribution in [0.25, 0.3) is 0 Å². The number of halogens is 2. The SMILES string of the molecule is [Br-].[Br-].[Pd+2].c1ccc([C@H]2N=C(CC3=N[C@H](c4ccccc4)C4(CCCC4)O3)OC23CCCC3)cc1. The van der Waals surface area contributed by atoms with Crippen molar-refractivity contribution in [1.29, 1.82) is 0 Å². The van der Waals surface area contributed by atoms with Crippen molar-refractivity contribution in [3.8, 4) is 0 Å². The summed E-state index contributed by atoms with van der Waals surface area (Å²) in [5, 5.41) is 0. The Morgan fingerprint density at radius 3 is 1.32 bits per heavy atom. The third kappa shape index (κ3) is 4.96. The van der Waals surface area contributed by atoms with E-state index in [9.17, 15) is 0 Å². The first-order valence-corrected chi connectivity index (χ1v) is 11.9. The van der Waals surface area contributed by atoms with Gasteiger partial charge in [0.25, 0.3) is 0 Å². The maximum atomic E-state index is 6.62. The van der Waals surface area contributed by atoms with Crippen LogP contribution in [0.2, 0.25) is 0 Å². The molecule has 0 unspecified atom stereocenters. The van der Waals surface area contributed by atoms with E-state index < -0.39 is 0 Å². The molecule has 2 spiro atoms. The molecule has 0 radical (unpaired) electrons. The van der Waals surface area contributed by atoms with Gasteiger partial charge in [0.15, 0.2) is 11.8 Å². The number of nitrogens with zero attached hydrogens (tertiary/aromatic N) is 2. The van der Waals surface area contributed by atoms with E-state index in [4.69, 9.17) is 19.5 Å². The van der Waals surface area contributed by atoms with Crippen molar-refractivity contribution in [2.24, 2.45) is 9.98 Å². The summed E-state index contributed by atoms with van der Waals surface area (Å²) in [6.07, 6.45) is 9.70. The first kappa shape index (κ1) is 27.6. The molecule has 0 bridgehead atoms. The first-order chi connectivity index (χ1) is 15.3. The van der Waals surface area contributed by atoms with Gasteiger partial charge in [-0.15, -0.1) is 0 Å². The number of rotatable bonds is 4. The van der Waals surface area contributed by atoms with Crippen molar-refractivity contribution in [3.05, 3.63) is 71.8 Å². The zero-order chi connectivity index (χ0) is 20.7. The zero-order valence-electron chi connectivity index (χ0n) is 19.1. The second-order valence-corrected chi connectivity index (χ2v) is 9.60. The molecule has 4 aliphatic rings. The maximum absolute atomic E-state index is 6.62. The van der Waals surface area contributed by atoms with Gasteiger partial charge in [-0.1, -0.05) is 60.7 Å². The largest absolute Gasteiger partial charge is 2.00 e. The number of ether oxygens (including phenoxy) is 2. The van der Waals surface area contributed by atoms with Crippen LogP contribution >= 0.6 is 0 Å². The summed E-state index contributed by atoms with van der Waals surface area (Å²) >= 11 is 0. The van der Waals surface area contributed by atoms with E-state index in [-0.39, 0.29) is 77.7 Å². The van der Waals surface area contributed by atoms with Gasteiger partial charge >= 0.3 is 20.4 Å². The summed E-state index contributed by atoms with van der Waals surface area (Å²) in [4.78, 5) is 10.2. The molecule has 2 heterocycles. The molecule has 2 aliphatic carbocycles. The standard InChI is InChI=1S/C27H30N2O2.2BrH.Pd/c1-3-11-20(12-4-1)24-26(15-7-8-16-26)30-22(28-24)19-23-29-25(21-13-5-2-6-14-21)27(31-23)17-9-10-18-27;;;/h1-6,11-14,24-25H,7-10,15-19H2;2*1H;/q;;;+2/p-2/t24-,25-;;;/m1.../s1. The van der Waals surface area contributed by atoms with E-state index >= 15 is 0 Å². The van der Waals surface area contributed by atoms with Crippen LogP contribution < -0.4 is 34.0 Å². The summed E-state index contributed by atoms with van der Waals surface area (Å²) < 4.78 is 13.2. The Labute approximate surface area is 237 Å². The molecule has 34 heavy (non-hydrogen) atoms. The van der Waals surface area contributed by atoms with Crippen molar-refractivity contribution >= 4 is 11.8 Å². The molecule has 7 heteroatoms. The second-order valence-electron chi connectivity index (χ2n) is 9.60. The molecule has 2 saturated carbocycles. The molecule has 0 saturated heterocycles. The van der Waals surface area contributed by atoms with Crippen molar-refractivity contribution in [2.75, 3.05) is 0 Å². The van der Waals surface area contributed by atoms with Crippen LogP contribution in [-0.4, -0.2) is 23.0 Å². The molecule has 2 aromatic rings. The molecule has 0 aromatic heterocycles. The van der Waals surface area contributed by atoms with E-state index in [2.05, 4.69) is 60.7 Å². The number of benzene rings is 2. The van der Waals surface area contributed by atoms with Crippen LogP contribution in [0, 0.1) is 0 Å². The van der Waals surface area contributed by atoms with E-state index in [0.29, 0.717) is 6.42 Å². The van der Waals surface area contributed by atoms with Crippen molar-refractivity contribution < 1.29 is 63.9 Å². The topological polar surface area (TPSA) is 43.2 Å². The van der Waals surface area contributed by atoms with Crippen LogP contribution in [0.3, 0.4) is 0 Å². The Balaban J connectivity index is 0.00000108. The molecule has 2 fully saturated rings. The number of aliphatic imine (C=N–C) groups is 2. The number of hydrogen-bond acceptors (Lipinski definition) is 4. The third-order valence-corrected chi connectivity index (χ3v) is 7.62. The molecule has 2 aliphatic heterocycles. The predicted octanol–water partition coefficient (Wildman–Crippen LogP) is 0.348. The summed E-state index contributed by atoms with van der Waals surface area (Å²) in [6.45, 7) is 0. The summed E-state index contributed by atoms with van der Waals surface area (Å²) in [6, 6.07) is 21.4. The van der Waals surface area contributed by atoms with Gasteiger partial charge in [-0.25, -0.2) is 9.98 Å². The van der Waals surface area contributed by atoms with Gasteiger partial charge in [-0.05, 0) is 62.5 Å². The van der Waals surface area contributed by atoms with Gasteiger partial charge in [0.05, 0.1) is 6.42 Å². The summed E-state index contributed by atoms with van der Waals surface area (Å²) in [7, 11) is 0. The smallest absolute Gasteiger partial charge is 1.00 e. The summed E-state index contributed by atoms with van der Waals surface area (Å²) in [5.41, 5.74) is 2.14. The van der Waals surface area contributed by atoms with E-state index in [1.807, 2.05) is 0 Å². The average Bonchev–Trinajstić information content (AvgIpc) is 3.60. The summed E-state index contributed by atoms with van der Waals surface area (Å²) in [5.74, 6) is 1.60. The predicted molar refractivity (Wildman–Crippen MR) is 122 cm³/mol. The van der Waals surface area contributed by atoms with E-state index in [1.54, 1.807) is 0 Å². The van der Waals surface area contributed by atoms with Gasteiger partial charge in [0.2, 0.25) is 0 Å². The second kappa shape index (κ2) is 11.4. The molecular weight excluding hydrogens is 651 g/mol. The number of hydrogen-bond donors (Lipinski definition) is 0. The van der Waals surface area contributed by atoms with Gasteiger partial charge in [0.1, 0.15) is 23.3 Å². The molecule has 6 rings (SSSR count). The zero-order valence-corrected chi connectivity index (χ0v) is 23.8. The Kier molecular flexibility index (Phi) is 9.23. The van der Waals surface area contributed by atoms with Gasteiger partial charge in [0, 0.05) is 0 Å².